The molecule has 0 rings (SSSR count). The molecule has 0 radical (unpaired) electrons. The van der Waals surface area contributed by atoms with E-state index in [4.69, 9.17) is 4.74 Å². The van der Waals surface area contributed by atoms with Crippen LogP contribution in [0.1, 0.15) is 65.2 Å². The number of hydrogen-bond acceptors (Lipinski definition) is 1. The number of ether oxygens (including phenoxy) is 1. The molecule has 0 aliphatic heterocycles. The molecule has 0 aromatic rings. The zero-order valence-corrected chi connectivity index (χ0v) is 9.77. The minimum atomic E-state index is 0.767. The highest BCUT2D eigenvalue weighted by Crippen LogP contribution is 2.05. The van der Waals surface area contributed by atoms with Crippen LogP contribution < -0.4 is 0 Å². The molecule has 0 atom stereocenters. The minimum Gasteiger partial charge on any atom is -0.447 e. The molecule has 0 fully saturated rings. The second-order valence-electron chi connectivity index (χ2n) is 3.65. The summed E-state index contributed by atoms with van der Waals surface area (Å²) in [4.78, 5) is 0. The molecule has 0 N–H and O–H groups in total. The summed E-state index contributed by atoms with van der Waals surface area (Å²) in [5.41, 5.74) is 0. The predicted octanol–water partition coefficient (Wildman–Crippen LogP) is 4.12. The molecule has 1 nitrogen and oxygen atoms in total. The van der Waals surface area contributed by atoms with Crippen LogP contribution in [0.3, 0.4) is 0 Å². The van der Waals surface area contributed by atoms with Gasteiger partial charge in [0.05, 0.1) is 6.61 Å². The van der Waals surface area contributed by atoms with E-state index < -0.39 is 0 Å². The summed E-state index contributed by atoms with van der Waals surface area (Å²) >= 11 is 0. The van der Waals surface area contributed by atoms with Gasteiger partial charge < -0.3 is 4.74 Å². The van der Waals surface area contributed by atoms with Gasteiger partial charge in [0.1, 0.15) is 6.11 Å². The zero-order chi connectivity index (χ0) is 10.5. The van der Waals surface area contributed by atoms with Crippen molar-refractivity contribution in [2.45, 2.75) is 65.2 Å². The smallest absolute Gasteiger partial charge is 0.110 e. The lowest BCUT2D eigenvalue weighted by atomic mass is 10.1. The first-order valence-corrected chi connectivity index (χ1v) is 6.01. The Kier molecular flexibility index (Phi) is 11.8. The second kappa shape index (κ2) is 12.4. The standard InChI is InChI=1S/C13H24O/c1-3-5-6-7-8-9-10-11-13-14-12-4-2/h3-10,12H2,1-2H3. The molecule has 0 heterocycles. The van der Waals surface area contributed by atoms with Crippen LogP contribution in [0.5, 0.6) is 0 Å². The van der Waals surface area contributed by atoms with Gasteiger partial charge in [-0.05, 0) is 12.8 Å². The maximum Gasteiger partial charge on any atom is 0.110 e. The summed E-state index contributed by atoms with van der Waals surface area (Å²) in [7, 11) is 0. The van der Waals surface area contributed by atoms with E-state index in [1.807, 2.05) is 0 Å². The van der Waals surface area contributed by atoms with Crippen LogP contribution >= 0.6 is 0 Å². The van der Waals surface area contributed by atoms with Gasteiger partial charge in [0, 0.05) is 6.42 Å². The highest BCUT2D eigenvalue weighted by Gasteiger charge is 1.87. The third-order valence-corrected chi connectivity index (χ3v) is 2.11. The van der Waals surface area contributed by atoms with Gasteiger partial charge in [-0.3, -0.25) is 0 Å². The average Bonchev–Trinajstić information content (AvgIpc) is 2.21. The summed E-state index contributed by atoms with van der Waals surface area (Å²) in [6.07, 6.45) is 12.8. The molecule has 0 spiro atoms. The molecular formula is C13H24O. The molecule has 0 saturated heterocycles. The van der Waals surface area contributed by atoms with Crippen LogP contribution in [0.4, 0.5) is 0 Å². The first kappa shape index (κ1) is 13.4. The Morgan fingerprint density at radius 3 is 2.29 bits per heavy atom. The fourth-order valence-electron chi connectivity index (χ4n) is 1.25. The van der Waals surface area contributed by atoms with Gasteiger partial charge in [-0.2, -0.15) is 0 Å². The Morgan fingerprint density at radius 1 is 0.857 bits per heavy atom. The van der Waals surface area contributed by atoms with E-state index in [1.54, 1.807) is 0 Å². The Balaban J connectivity index is 2.99. The van der Waals surface area contributed by atoms with Crippen molar-refractivity contribution in [3.8, 4) is 12.0 Å². The van der Waals surface area contributed by atoms with Gasteiger partial charge >= 0.3 is 0 Å². The van der Waals surface area contributed by atoms with Crippen molar-refractivity contribution >= 4 is 0 Å². The van der Waals surface area contributed by atoms with E-state index >= 15 is 0 Å². The normalized spacial score (nSPS) is 9.29. The van der Waals surface area contributed by atoms with Crippen LogP contribution in [-0.4, -0.2) is 6.61 Å². The van der Waals surface area contributed by atoms with Crippen LogP contribution in [0.15, 0.2) is 0 Å². The fraction of sp³-hybridized carbons (Fsp3) is 0.846. The molecule has 0 aromatic heterocycles. The fourth-order valence-corrected chi connectivity index (χ4v) is 1.25. The maximum absolute atomic E-state index is 5.07. The minimum absolute atomic E-state index is 0.767. The Labute approximate surface area is 89.2 Å². The predicted molar refractivity (Wildman–Crippen MR) is 62.0 cm³/mol. The van der Waals surface area contributed by atoms with Crippen molar-refractivity contribution < 1.29 is 4.74 Å². The van der Waals surface area contributed by atoms with Gasteiger partial charge in [0.15, 0.2) is 0 Å². The molecular weight excluding hydrogens is 172 g/mol. The molecule has 0 amide bonds. The summed E-state index contributed by atoms with van der Waals surface area (Å²) in [6.45, 7) is 5.11. The van der Waals surface area contributed by atoms with E-state index in [0.717, 1.165) is 19.4 Å². The molecule has 14 heavy (non-hydrogen) atoms. The van der Waals surface area contributed by atoms with E-state index in [-0.39, 0.29) is 0 Å². The molecule has 1 heteroatoms. The van der Waals surface area contributed by atoms with Crippen LogP contribution in [-0.2, 0) is 4.74 Å². The van der Waals surface area contributed by atoms with Crippen molar-refractivity contribution in [2.75, 3.05) is 6.61 Å². The summed E-state index contributed by atoms with van der Waals surface area (Å²) in [5, 5.41) is 0. The van der Waals surface area contributed by atoms with E-state index in [0.29, 0.717) is 0 Å². The third kappa shape index (κ3) is 11.4. The molecule has 0 aliphatic carbocycles. The van der Waals surface area contributed by atoms with E-state index in [1.165, 1.54) is 38.5 Å². The Bertz CT molecular complexity index is 152. The lowest BCUT2D eigenvalue weighted by Gasteiger charge is -1.96. The van der Waals surface area contributed by atoms with Crippen molar-refractivity contribution in [1.82, 2.24) is 0 Å². The zero-order valence-electron chi connectivity index (χ0n) is 9.77. The van der Waals surface area contributed by atoms with Crippen molar-refractivity contribution in [2.24, 2.45) is 0 Å². The van der Waals surface area contributed by atoms with E-state index in [9.17, 15) is 0 Å². The van der Waals surface area contributed by atoms with Crippen molar-refractivity contribution in [1.29, 1.82) is 0 Å². The third-order valence-electron chi connectivity index (χ3n) is 2.11. The lowest BCUT2D eigenvalue weighted by molar-refractivity contribution is 0.277. The second-order valence-corrected chi connectivity index (χ2v) is 3.65. The molecule has 0 aliphatic rings. The number of rotatable bonds is 8. The summed E-state index contributed by atoms with van der Waals surface area (Å²) < 4.78 is 5.07. The lowest BCUT2D eigenvalue weighted by Crippen LogP contribution is -1.83. The topological polar surface area (TPSA) is 9.23 Å². The van der Waals surface area contributed by atoms with Crippen molar-refractivity contribution in [3.63, 3.8) is 0 Å². The first-order valence-electron chi connectivity index (χ1n) is 6.01. The van der Waals surface area contributed by atoms with E-state index in [2.05, 4.69) is 25.9 Å². The number of unbranched alkanes of at least 4 members (excludes halogenated alkanes) is 6. The van der Waals surface area contributed by atoms with Gasteiger partial charge in [-0.1, -0.05) is 51.9 Å². The SMILES string of the molecule is CCCCCCCCC#COCCC. The van der Waals surface area contributed by atoms with Crippen molar-refractivity contribution in [3.05, 3.63) is 0 Å². The van der Waals surface area contributed by atoms with Gasteiger partial charge in [0.25, 0.3) is 0 Å². The highest BCUT2D eigenvalue weighted by atomic mass is 16.5. The summed E-state index contributed by atoms with van der Waals surface area (Å²) in [6, 6.07) is 0. The number of hydrogen-bond donors (Lipinski definition) is 0. The summed E-state index contributed by atoms with van der Waals surface area (Å²) in [5.74, 6) is 3.04. The van der Waals surface area contributed by atoms with Crippen LogP contribution in [0.25, 0.3) is 0 Å². The molecule has 0 aromatic carbocycles. The molecule has 0 unspecified atom stereocenters. The van der Waals surface area contributed by atoms with Gasteiger partial charge in [-0.15, -0.1) is 0 Å². The quantitative estimate of drug-likeness (QED) is 0.419. The average molecular weight is 196 g/mol. The Morgan fingerprint density at radius 2 is 1.57 bits per heavy atom. The maximum atomic E-state index is 5.07. The van der Waals surface area contributed by atoms with Gasteiger partial charge in [-0.25, -0.2) is 0 Å². The largest absolute Gasteiger partial charge is 0.447 e. The monoisotopic (exact) mass is 196 g/mol. The molecule has 0 bridgehead atoms. The molecule has 82 valence electrons. The van der Waals surface area contributed by atoms with Crippen LogP contribution in [0, 0.1) is 12.0 Å². The highest BCUT2D eigenvalue weighted by molar-refractivity contribution is 4.90. The first-order chi connectivity index (χ1) is 6.91. The Hall–Kier alpha value is -0.640. The molecule has 0 saturated carbocycles. The van der Waals surface area contributed by atoms with Crippen LogP contribution in [0.2, 0.25) is 0 Å². The van der Waals surface area contributed by atoms with Gasteiger partial charge in [0.2, 0.25) is 0 Å².